The van der Waals surface area contributed by atoms with E-state index in [4.69, 9.17) is 4.98 Å². The van der Waals surface area contributed by atoms with Crippen LogP contribution in [-0.2, 0) is 27.6 Å². The number of hydrogen-bond donors (Lipinski definition) is 1. The van der Waals surface area contributed by atoms with Gasteiger partial charge in [0.1, 0.15) is 11.1 Å². The first-order chi connectivity index (χ1) is 12.4. The van der Waals surface area contributed by atoms with Crippen LogP contribution in [0.2, 0.25) is 0 Å². The minimum absolute atomic E-state index is 0.0157. The van der Waals surface area contributed by atoms with Crippen LogP contribution >= 0.6 is 0 Å². The number of carbonyl (C=O) groups is 1. The SMILES string of the molecule is CCCS(=O)(=O)C(C)C(=O)Nc1cccc(-c2cn3c(n2)CCCC3)c1. The summed E-state index contributed by atoms with van der Waals surface area (Å²) >= 11 is 0. The van der Waals surface area contributed by atoms with Gasteiger partial charge in [0.05, 0.1) is 11.4 Å². The number of carbonyl (C=O) groups excluding carboxylic acids is 1. The Bertz CT molecular complexity index is 879. The molecule has 3 rings (SSSR count). The fourth-order valence-corrected chi connectivity index (χ4v) is 4.48. The zero-order chi connectivity index (χ0) is 18.7. The molecule has 1 unspecified atom stereocenters. The largest absolute Gasteiger partial charge is 0.334 e. The van der Waals surface area contributed by atoms with Gasteiger partial charge in [0.25, 0.3) is 0 Å². The number of aromatic nitrogens is 2. The van der Waals surface area contributed by atoms with Gasteiger partial charge in [-0.1, -0.05) is 19.1 Å². The molecule has 140 valence electrons. The number of benzene rings is 1. The number of hydrogen-bond acceptors (Lipinski definition) is 4. The monoisotopic (exact) mass is 375 g/mol. The summed E-state index contributed by atoms with van der Waals surface area (Å²) in [6, 6.07) is 7.39. The third-order valence-electron chi connectivity index (χ3n) is 4.73. The van der Waals surface area contributed by atoms with Crippen LogP contribution in [0.1, 0.15) is 38.9 Å². The minimum atomic E-state index is -3.42. The highest BCUT2D eigenvalue weighted by molar-refractivity contribution is 7.92. The van der Waals surface area contributed by atoms with Crippen molar-refractivity contribution in [1.82, 2.24) is 9.55 Å². The Balaban J connectivity index is 1.77. The molecule has 1 amide bonds. The van der Waals surface area contributed by atoms with Gasteiger partial charge < -0.3 is 9.88 Å². The molecule has 6 nitrogen and oxygen atoms in total. The van der Waals surface area contributed by atoms with Crippen LogP contribution < -0.4 is 5.32 Å². The van der Waals surface area contributed by atoms with Crippen LogP contribution in [0.5, 0.6) is 0 Å². The number of anilines is 1. The molecule has 1 atom stereocenters. The molecular weight excluding hydrogens is 350 g/mol. The molecule has 2 aromatic rings. The lowest BCUT2D eigenvalue weighted by Crippen LogP contribution is -2.34. The summed E-state index contributed by atoms with van der Waals surface area (Å²) in [6.07, 6.45) is 5.87. The second-order valence-corrected chi connectivity index (χ2v) is 9.21. The number of nitrogens with one attached hydrogen (secondary N) is 1. The topological polar surface area (TPSA) is 81.1 Å². The lowest BCUT2D eigenvalue weighted by Gasteiger charge is -2.13. The molecule has 1 N–H and O–H groups in total. The van der Waals surface area contributed by atoms with E-state index >= 15 is 0 Å². The number of rotatable bonds is 6. The Morgan fingerprint density at radius 2 is 2.15 bits per heavy atom. The molecule has 1 aromatic heterocycles. The Labute approximate surface area is 154 Å². The van der Waals surface area contributed by atoms with Crippen molar-refractivity contribution < 1.29 is 13.2 Å². The predicted octanol–water partition coefficient (Wildman–Crippen LogP) is 3.04. The minimum Gasteiger partial charge on any atom is -0.334 e. The van der Waals surface area contributed by atoms with Gasteiger partial charge in [0.2, 0.25) is 5.91 Å². The third-order valence-corrected chi connectivity index (χ3v) is 7.00. The average molecular weight is 375 g/mol. The maximum absolute atomic E-state index is 12.3. The van der Waals surface area contributed by atoms with Crippen molar-refractivity contribution >= 4 is 21.4 Å². The van der Waals surface area contributed by atoms with E-state index < -0.39 is 21.0 Å². The van der Waals surface area contributed by atoms with Crippen molar-refractivity contribution in [2.24, 2.45) is 0 Å². The van der Waals surface area contributed by atoms with Crippen molar-refractivity contribution in [2.75, 3.05) is 11.1 Å². The van der Waals surface area contributed by atoms with Gasteiger partial charge in [-0.3, -0.25) is 4.79 Å². The molecular formula is C19H25N3O3S. The maximum Gasteiger partial charge on any atom is 0.242 e. The predicted molar refractivity (Wildman–Crippen MR) is 103 cm³/mol. The van der Waals surface area contributed by atoms with Crippen LogP contribution in [0, 0.1) is 0 Å². The van der Waals surface area contributed by atoms with Crippen LogP contribution in [0.15, 0.2) is 30.5 Å². The number of nitrogens with zero attached hydrogens (tertiary/aromatic N) is 2. The van der Waals surface area contributed by atoms with Crippen molar-refractivity contribution in [3.8, 4) is 11.3 Å². The van der Waals surface area contributed by atoms with Gasteiger partial charge in [0.15, 0.2) is 9.84 Å². The summed E-state index contributed by atoms with van der Waals surface area (Å²) in [5, 5.41) is 1.66. The van der Waals surface area contributed by atoms with Crippen LogP contribution in [0.4, 0.5) is 5.69 Å². The fourth-order valence-electron chi connectivity index (χ4n) is 3.18. The van der Waals surface area contributed by atoms with Gasteiger partial charge in [-0.25, -0.2) is 13.4 Å². The summed E-state index contributed by atoms with van der Waals surface area (Å²) in [7, 11) is -3.42. The number of imidazole rings is 1. The highest BCUT2D eigenvalue weighted by atomic mass is 32.2. The van der Waals surface area contributed by atoms with Gasteiger partial charge in [-0.2, -0.15) is 0 Å². The second kappa shape index (κ2) is 7.61. The summed E-state index contributed by atoms with van der Waals surface area (Å²) in [6.45, 7) is 4.22. The molecule has 0 bridgehead atoms. The smallest absolute Gasteiger partial charge is 0.242 e. The van der Waals surface area contributed by atoms with E-state index in [1.807, 2.05) is 24.4 Å². The van der Waals surface area contributed by atoms with Crippen molar-refractivity contribution in [2.45, 2.75) is 51.3 Å². The van der Waals surface area contributed by atoms with Crippen molar-refractivity contribution in [1.29, 1.82) is 0 Å². The molecule has 26 heavy (non-hydrogen) atoms. The Morgan fingerprint density at radius 1 is 1.35 bits per heavy atom. The molecule has 0 fully saturated rings. The molecule has 1 aromatic carbocycles. The highest BCUT2D eigenvalue weighted by Gasteiger charge is 2.27. The molecule has 0 aliphatic carbocycles. The number of fused-ring (bicyclic) bond motifs is 1. The lowest BCUT2D eigenvalue weighted by molar-refractivity contribution is -0.115. The quantitative estimate of drug-likeness (QED) is 0.841. The maximum atomic E-state index is 12.3. The fraction of sp³-hybridized carbons (Fsp3) is 0.474. The highest BCUT2D eigenvalue weighted by Crippen LogP contribution is 2.25. The van der Waals surface area contributed by atoms with Crippen molar-refractivity contribution in [3.05, 3.63) is 36.3 Å². The number of amides is 1. The van der Waals surface area contributed by atoms with Crippen LogP contribution in [-0.4, -0.2) is 34.9 Å². The van der Waals surface area contributed by atoms with Gasteiger partial charge >= 0.3 is 0 Å². The van der Waals surface area contributed by atoms with E-state index in [1.54, 1.807) is 13.0 Å². The summed E-state index contributed by atoms with van der Waals surface area (Å²) in [5.74, 6) is 0.613. The van der Waals surface area contributed by atoms with Gasteiger partial charge in [-0.05, 0) is 38.3 Å². The normalized spacial score (nSPS) is 15.3. The summed E-state index contributed by atoms with van der Waals surface area (Å²) in [4.78, 5) is 17.0. The Kier molecular flexibility index (Phi) is 5.46. The number of sulfone groups is 1. The third kappa shape index (κ3) is 3.98. The molecule has 1 aliphatic rings. The molecule has 0 spiro atoms. The zero-order valence-electron chi connectivity index (χ0n) is 15.2. The van der Waals surface area contributed by atoms with Gasteiger partial charge in [-0.15, -0.1) is 0 Å². The molecule has 0 saturated heterocycles. The lowest BCUT2D eigenvalue weighted by atomic mass is 10.1. The molecule has 0 radical (unpaired) electrons. The van der Waals surface area contributed by atoms with Crippen LogP contribution in [0.3, 0.4) is 0 Å². The molecule has 2 heterocycles. The number of aryl methyl sites for hydroxylation is 2. The molecule has 1 aliphatic heterocycles. The van der Waals surface area contributed by atoms with E-state index in [0.717, 1.165) is 36.5 Å². The van der Waals surface area contributed by atoms with E-state index in [2.05, 4.69) is 9.88 Å². The first kappa shape index (κ1) is 18.6. The van der Waals surface area contributed by atoms with E-state index in [1.165, 1.54) is 13.3 Å². The van der Waals surface area contributed by atoms with E-state index in [9.17, 15) is 13.2 Å². The zero-order valence-corrected chi connectivity index (χ0v) is 16.1. The average Bonchev–Trinajstić information content (AvgIpc) is 3.05. The standard InChI is InChI=1S/C19H25N3O3S/c1-3-11-26(24,25)14(2)19(23)20-16-8-6-7-15(12-16)17-13-22-10-5-4-9-18(22)21-17/h6-8,12-14H,3-5,9-11H2,1-2H3,(H,20,23). The summed E-state index contributed by atoms with van der Waals surface area (Å²) < 4.78 is 26.4. The van der Waals surface area contributed by atoms with Crippen molar-refractivity contribution in [3.63, 3.8) is 0 Å². The molecule has 0 saturated carbocycles. The first-order valence-corrected chi connectivity index (χ1v) is 10.8. The van der Waals surface area contributed by atoms with Gasteiger partial charge in [0, 0.05) is 30.4 Å². The van der Waals surface area contributed by atoms with E-state index in [0.29, 0.717) is 12.1 Å². The van der Waals surface area contributed by atoms with E-state index in [-0.39, 0.29) is 5.75 Å². The first-order valence-electron chi connectivity index (χ1n) is 9.09. The Morgan fingerprint density at radius 3 is 2.88 bits per heavy atom. The Hall–Kier alpha value is -2.15. The summed E-state index contributed by atoms with van der Waals surface area (Å²) in [5.41, 5.74) is 2.37. The molecule has 7 heteroatoms. The van der Waals surface area contributed by atoms with Crippen LogP contribution in [0.25, 0.3) is 11.3 Å². The second-order valence-electron chi connectivity index (χ2n) is 6.77.